The molecule has 1 aromatic rings. The van der Waals surface area contributed by atoms with Crippen molar-refractivity contribution < 1.29 is 9.90 Å². The number of hydrogen-bond acceptors (Lipinski definition) is 4. The molecule has 1 aliphatic heterocycles. The predicted octanol–water partition coefficient (Wildman–Crippen LogP) is 1.72. The largest absolute Gasteiger partial charge is 0.392 e. The monoisotopic (exact) mass is 333 g/mol. The van der Waals surface area contributed by atoms with Crippen molar-refractivity contribution in [3.8, 4) is 0 Å². The molecule has 5 nitrogen and oxygen atoms in total. The second-order valence-corrected chi connectivity index (χ2v) is 7.03. The van der Waals surface area contributed by atoms with Crippen molar-refractivity contribution in [1.29, 1.82) is 0 Å². The Hall–Kier alpha value is -1.59. The summed E-state index contributed by atoms with van der Waals surface area (Å²) >= 11 is 0. The van der Waals surface area contributed by atoms with Crippen molar-refractivity contribution in [2.24, 2.45) is 5.92 Å². The highest BCUT2D eigenvalue weighted by Gasteiger charge is 2.22. The highest BCUT2D eigenvalue weighted by molar-refractivity contribution is 5.76. The third-order valence-corrected chi connectivity index (χ3v) is 4.82. The summed E-state index contributed by atoms with van der Waals surface area (Å²) in [7, 11) is 0. The predicted molar refractivity (Wildman–Crippen MR) is 98.2 cm³/mol. The summed E-state index contributed by atoms with van der Waals surface area (Å²) in [5, 5.41) is 12.7. The van der Waals surface area contributed by atoms with Crippen LogP contribution in [0.15, 0.2) is 30.3 Å². The molecule has 1 fully saturated rings. The van der Waals surface area contributed by atoms with Crippen LogP contribution >= 0.6 is 0 Å². The van der Waals surface area contributed by atoms with Gasteiger partial charge in [0.15, 0.2) is 0 Å². The van der Waals surface area contributed by atoms with Crippen LogP contribution in [0.3, 0.4) is 0 Å². The summed E-state index contributed by atoms with van der Waals surface area (Å²) in [4.78, 5) is 16.7. The summed E-state index contributed by atoms with van der Waals surface area (Å²) in [5.41, 5.74) is 1.28. The molecule has 24 heavy (non-hydrogen) atoms. The van der Waals surface area contributed by atoms with Gasteiger partial charge in [-0.2, -0.15) is 0 Å². The summed E-state index contributed by atoms with van der Waals surface area (Å²) in [6, 6.07) is 10.8. The lowest BCUT2D eigenvalue weighted by molar-refractivity contribution is -0.123. The van der Waals surface area contributed by atoms with Gasteiger partial charge < -0.3 is 15.3 Å². The molecule has 0 aliphatic carbocycles. The molecule has 1 aromatic carbocycles. The van der Waals surface area contributed by atoms with E-state index in [1.165, 1.54) is 5.69 Å². The number of carbonyl (C=O) groups excluding carboxylic acids is 1. The molecule has 2 unspecified atom stereocenters. The SMILES string of the molecule is CC(C)C(O)CC(=O)NCC(C)N1CCN(c2ccccc2)CC1. The minimum atomic E-state index is -0.560. The summed E-state index contributed by atoms with van der Waals surface area (Å²) in [6.07, 6.45) is -0.374. The van der Waals surface area contributed by atoms with Crippen molar-refractivity contribution >= 4 is 11.6 Å². The molecule has 2 N–H and O–H groups in total. The number of benzene rings is 1. The molecule has 1 amide bonds. The van der Waals surface area contributed by atoms with Gasteiger partial charge in [0.2, 0.25) is 5.91 Å². The molecular weight excluding hydrogens is 302 g/mol. The van der Waals surface area contributed by atoms with Crippen molar-refractivity contribution in [2.75, 3.05) is 37.6 Å². The Bertz CT molecular complexity index is 499. The highest BCUT2D eigenvalue weighted by atomic mass is 16.3. The van der Waals surface area contributed by atoms with Crippen LogP contribution in [-0.2, 0) is 4.79 Å². The van der Waals surface area contributed by atoms with Gasteiger partial charge in [0.25, 0.3) is 0 Å². The zero-order chi connectivity index (χ0) is 17.5. The van der Waals surface area contributed by atoms with Crippen LogP contribution in [0.4, 0.5) is 5.69 Å². The van der Waals surface area contributed by atoms with E-state index in [-0.39, 0.29) is 18.2 Å². The van der Waals surface area contributed by atoms with Gasteiger partial charge in [0, 0.05) is 44.5 Å². The van der Waals surface area contributed by atoms with Crippen LogP contribution in [-0.4, -0.2) is 60.8 Å². The number of hydrogen-bond donors (Lipinski definition) is 2. The average molecular weight is 333 g/mol. The number of carbonyl (C=O) groups is 1. The zero-order valence-corrected chi connectivity index (χ0v) is 15.1. The average Bonchev–Trinajstić information content (AvgIpc) is 2.60. The Balaban J connectivity index is 1.71. The molecule has 1 heterocycles. The second-order valence-electron chi connectivity index (χ2n) is 7.03. The van der Waals surface area contributed by atoms with Gasteiger partial charge in [-0.3, -0.25) is 9.69 Å². The van der Waals surface area contributed by atoms with Crippen molar-refractivity contribution in [2.45, 2.75) is 39.3 Å². The first kappa shape index (κ1) is 18.7. The third-order valence-electron chi connectivity index (χ3n) is 4.82. The molecule has 0 aromatic heterocycles. The standard InChI is InChI=1S/C19H31N3O2/c1-15(2)18(23)13-19(24)20-14-16(3)21-9-11-22(12-10-21)17-7-5-4-6-8-17/h4-8,15-16,18,23H,9-14H2,1-3H3,(H,20,24). The number of aliphatic hydroxyl groups excluding tert-OH is 1. The van der Waals surface area contributed by atoms with Gasteiger partial charge in [0.05, 0.1) is 12.5 Å². The van der Waals surface area contributed by atoms with E-state index in [0.717, 1.165) is 26.2 Å². The van der Waals surface area contributed by atoms with Gasteiger partial charge in [-0.05, 0) is 25.0 Å². The molecular formula is C19H31N3O2. The molecule has 0 radical (unpaired) electrons. The van der Waals surface area contributed by atoms with Crippen molar-refractivity contribution in [1.82, 2.24) is 10.2 Å². The van der Waals surface area contributed by atoms with Gasteiger partial charge >= 0.3 is 0 Å². The lowest BCUT2D eigenvalue weighted by Crippen LogP contribution is -2.52. The summed E-state index contributed by atoms with van der Waals surface area (Å²) in [5.74, 6) is 0.0465. The van der Waals surface area contributed by atoms with E-state index < -0.39 is 6.10 Å². The molecule has 0 saturated carbocycles. The smallest absolute Gasteiger partial charge is 0.222 e. The Kier molecular flexibility index (Phi) is 7.06. The summed E-state index contributed by atoms with van der Waals surface area (Å²) in [6.45, 7) is 10.6. The number of amides is 1. The summed E-state index contributed by atoms with van der Waals surface area (Å²) < 4.78 is 0. The van der Waals surface area contributed by atoms with E-state index in [1.54, 1.807) is 0 Å². The maximum Gasteiger partial charge on any atom is 0.222 e. The molecule has 5 heteroatoms. The van der Waals surface area contributed by atoms with E-state index in [2.05, 4.69) is 46.3 Å². The number of piperazine rings is 1. The Labute approximate surface area is 145 Å². The highest BCUT2D eigenvalue weighted by Crippen LogP contribution is 2.16. The fourth-order valence-corrected chi connectivity index (χ4v) is 2.95. The minimum Gasteiger partial charge on any atom is -0.392 e. The normalized spacial score (nSPS) is 18.5. The van der Waals surface area contributed by atoms with Crippen LogP contribution in [0.5, 0.6) is 0 Å². The van der Waals surface area contributed by atoms with Crippen LogP contribution in [0.2, 0.25) is 0 Å². The van der Waals surface area contributed by atoms with E-state index in [4.69, 9.17) is 0 Å². The van der Waals surface area contributed by atoms with Gasteiger partial charge in [-0.25, -0.2) is 0 Å². The second kappa shape index (κ2) is 9.04. The Morgan fingerprint density at radius 3 is 2.33 bits per heavy atom. The fourth-order valence-electron chi connectivity index (χ4n) is 2.95. The number of para-hydroxylation sites is 1. The van der Waals surface area contributed by atoms with E-state index >= 15 is 0 Å². The van der Waals surface area contributed by atoms with Gasteiger partial charge in [-0.15, -0.1) is 0 Å². The lowest BCUT2D eigenvalue weighted by Gasteiger charge is -2.39. The molecule has 1 aliphatic rings. The zero-order valence-electron chi connectivity index (χ0n) is 15.1. The minimum absolute atomic E-state index is 0.0639. The van der Waals surface area contributed by atoms with Crippen molar-refractivity contribution in [3.63, 3.8) is 0 Å². The maximum absolute atomic E-state index is 11.9. The topological polar surface area (TPSA) is 55.8 Å². The molecule has 0 bridgehead atoms. The molecule has 2 rings (SSSR count). The molecule has 2 atom stereocenters. The van der Waals surface area contributed by atoms with Crippen molar-refractivity contribution in [3.05, 3.63) is 30.3 Å². The van der Waals surface area contributed by atoms with E-state index in [1.807, 2.05) is 19.9 Å². The number of anilines is 1. The third kappa shape index (κ3) is 5.49. The lowest BCUT2D eigenvalue weighted by atomic mass is 10.0. The first-order valence-corrected chi connectivity index (χ1v) is 8.96. The number of rotatable bonds is 7. The maximum atomic E-state index is 11.9. The van der Waals surface area contributed by atoms with Crippen LogP contribution in [0.25, 0.3) is 0 Å². The van der Waals surface area contributed by atoms with Gasteiger partial charge in [-0.1, -0.05) is 32.0 Å². The number of aliphatic hydroxyl groups is 1. The van der Waals surface area contributed by atoms with E-state index in [9.17, 15) is 9.90 Å². The van der Waals surface area contributed by atoms with Crippen LogP contribution in [0, 0.1) is 5.92 Å². The number of nitrogens with zero attached hydrogens (tertiary/aromatic N) is 2. The molecule has 134 valence electrons. The molecule has 1 saturated heterocycles. The first-order valence-electron chi connectivity index (χ1n) is 8.96. The number of nitrogens with one attached hydrogen (secondary N) is 1. The molecule has 0 spiro atoms. The Morgan fingerprint density at radius 1 is 1.12 bits per heavy atom. The van der Waals surface area contributed by atoms with Crippen LogP contribution in [0.1, 0.15) is 27.2 Å². The van der Waals surface area contributed by atoms with E-state index in [0.29, 0.717) is 12.6 Å². The van der Waals surface area contributed by atoms with Gasteiger partial charge in [0.1, 0.15) is 0 Å². The fraction of sp³-hybridized carbons (Fsp3) is 0.632. The van der Waals surface area contributed by atoms with Crippen LogP contribution < -0.4 is 10.2 Å². The quantitative estimate of drug-likeness (QED) is 0.798. The first-order chi connectivity index (χ1) is 11.5. The Morgan fingerprint density at radius 2 is 1.75 bits per heavy atom.